The molecule has 1 saturated heterocycles. The Morgan fingerprint density at radius 3 is 2.71 bits per heavy atom. The van der Waals surface area contributed by atoms with Crippen molar-refractivity contribution in [1.29, 1.82) is 0 Å². The minimum atomic E-state index is -0.343. The summed E-state index contributed by atoms with van der Waals surface area (Å²) in [6.45, 7) is 3.44. The van der Waals surface area contributed by atoms with Crippen LogP contribution in [0.2, 0.25) is 0 Å². The van der Waals surface area contributed by atoms with E-state index in [1.165, 1.54) is 11.3 Å². The summed E-state index contributed by atoms with van der Waals surface area (Å²) in [5.74, 6) is 0.926. The molecule has 0 aliphatic carbocycles. The zero-order valence-electron chi connectivity index (χ0n) is 13.8. The first kappa shape index (κ1) is 15.6. The molecule has 0 radical (unpaired) electrons. The SMILES string of the molecule is O=c1cccc2n1C[C@H]1C[C@@H]2CN(C[C@@H](O)Cc2ccccc2)C1. The number of β-amino-alcohol motifs (C(OH)–C–C–N with tert-alkyl or cyclic N) is 1. The number of hydrogen-bond donors (Lipinski definition) is 1. The summed E-state index contributed by atoms with van der Waals surface area (Å²) in [5, 5.41) is 10.5. The molecule has 4 heteroatoms. The Hall–Kier alpha value is -1.91. The van der Waals surface area contributed by atoms with Crippen molar-refractivity contribution in [3.63, 3.8) is 0 Å². The molecule has 2 aliphatic heterocycles. The molecule has 1 aromatic heterocycles. The number of nitrogens with zero attached hydrogens (tertiary/aromatic N) is 2. The summed E-state index contributed by atoms with van der Waals surface area (Å²) in [4.78, 5) is 14.4. The van der Waals surface area contributed by atoms with Gasteiger partial charge in [-0.25, -0.2) is 0 Å². The van der Waals surface area contributed by atoms with Crippen molar-refractivity contribution in [2.45, 2.75) is 31.4 Å². The van der Waals surface area contributed by atoms with E-state index in [1.807, 2.05) is 28.8 Å². The van der Waals surface area contributed by atoms with Crippen LogP contribution >= 0.6 is 0 Å². The fourth-order valence-electron chi connectivity index (χ4n) is 4.39. The van der Waals surface area contributed by atoms with Crippen molar-refractivity contribution in [3.8, 4) is 0 Å². The van der Waals surface area contributed by atoms with E-state index in [0.717, 1.165) is 26.1 Å². The first-order valence-corrected chi connectivity index (χ1v) is 8.83. The summed E-state index contributed by atoms with van der Waals surface area (Å²) >= 11 is 0. The van der Waals surface area contributed by atoms with Crippen molar-refractivity contribution in [3.05, 3.63) is 70.1 Å². The highest BCUT2D eigenvalue weighted by atomic mass is 16.3. The number of hydrogen-bond acceptors (Lipinski definition) is 3. The summed E-state index contributed by atoms with van der Waals surface area (Å²) in [7, 11) is 0. The Labute approximate surface area is 142 Å². The lowest BCUT2D eigenvalue weighted by atomic mass is 9.83. The van der Waals surface area contributed by atoms with Gasteiger partial charge in [-0.1, -0.05) is 36.4 Å². The molecule has 4 rings (SSSR count). The number of benzene rings is 1. The van der Waals surface area contributed by atoms with E-state index in [0.29, 0.717) is 24.8 Å². The van der Waals surface area contributed by atoms with Gasteiger partial charge in [0.25, 0.3) is 5.56 Å². The normalized spacial score (nSPS) is 24.4. The zero-order chi connectivity index (χ0) is 16.5. The molecule has 0 spiro atoms. The van der Waals surface area contributed by atoms with Gasteiger partial charge in [0.1, 0.15) is 0 Å². The van der Waals surface area contributed by atoms with Gasteiger partial charge >= 0.3 is 0 Å². The van der Waals surface area contributed by atoms with Crippen LogP contribution in [0.4, 0.5) is 0 Å². The lowest BCUT2D eigenvalue weighted by Gasteiger charge is -2.43. The van der Waals surface area contributed by atoms with Crippen LogP contribution < -0.4 is 5.56 Å². The highest BCUT2D eigenvalue weighted by molar-refractivity contribution is 5.18. The van der Waals surface area contributed by atoms with E-state index in [2.05, 4.69) is 23.1 Å². The largest absolute Gasteiger partial charge is 0.391 e. The molecule has 2 bridgehead atoms. The highest BCUT2D eigenvalue weighted by Gasteiger charge is 2.34. The van der Waals surface area contributed by atoms with Crippen LogP contribution in [0.25, 0.3) is 0 Å². The predicted molar refractivity (Wildman–Crippen MR) is 94.1 cm³/mol. The molecule has 2 aliphatic rings. The standard InChI is InChI=1S/C20H24N2O2/c23-18(10-15-5-2-1-3-6-15)14-21-11-16-9-17(13-21)19-7-4-8-20(24)22(19)12-16/h1-8,16-18,23H,9-14H2/t16-,17+,18-/m0/s1. The molecule has 0 amide bonds. The van der Waals surface area contributed by atoms with Crippen molar-refractivity contribution in [1.82, 2.24) is 9.47 Å². The van der Waals surface area contributed by atoms with E-state index in [1.54, 1.807) is 6.07 Å². The minimum Gasteiger partial charge on any atom is -0.391 e. The molecule has 2 aromatic rings. The van der Waals surface area contributed by atoms with Gasteiger partial charge in [-0.2, -0.15) is 0 Å². The number of pyridine rings is 1. The smallest absolute Gasteiger partial charge is 0.250 e. The third-order valence-corrected chi connectivity index (χ3v) is 5.34. The first-order chi connectivity index (χ1) is 11.7. The van der Waals surface area contributed by atoms with Crippen molar-refractivity contribution in [2.75, 3.05) is 19.6 Å². The number of fused-ring (bicyclic) bond motifs is 4. The second kappa shape index (κ2) is 6.54. The maximum atomic E-state index is 12.1. The van der Waals surface area contributed by atoms with Gasteiger partial charge in [-0.05, 0) is 30.4 Å². The molecule has 0 saturated carbocycles. The number of rotatable bonds is 4. The third kappa shape index (κ3) is 3.17. The van der Waals surface area contributed by atoms with Gasteiger partial charge in [-0.3, -0.25) is 9.69 Å². The zero-order valence-corrected chi connectivity index (χ0v) is 13.8. The lowest BCUT2D eigenvalue weighted by Crippen LogP contribution is -2.49. The molecular weight excluding hydrogens is 300 g/mol. The Bertz CT molecular complexity index is 756. The van der Waals surface area contributed by atoms with Crippen LogP contribution in [0, 0.1) is 5.92 Å². The third-order valence-electron chi connectivity index (χ3n) is 5.34. The van der Waals surface area contributed by atoms with Crippen LogP contribution in [-0.2, 0) is 13.0 Å². The summed E-state index contributed by atoms with van der Waals surface area (Å²) in [6, 6.07) is 15.8. The Morgan fingerprint density at radius 2 is 1.88 bits per heavy atom. The summed E-state index contributed by atoms with van der Waals surface area (Å²) < 4.78 is 1.95. The second-order valence-corrected chi connectivity index (χ2v) is 7.26. The molecule has 3 heterocycles. The summed E-state index contributed by atoms with van der Waals surface area (Å²) in [5.41, 5.74) is 2.47. The van der Waals surface area contributed by atoms with Crippen LogP contribution in [0.15, 0.2) is 53.3 Å². The fraction of sp³-hybridized carbons (Fsp3) is 0.450. The molecule has 126 valence electrons. The van der Waals surface area contributed by atoms with Crippen molar-refractivity contribution < 1.29 is 5.11 Å². The number of aliphatic hydroxyl groups excluding tert-OH is 1. The first-order valence-electron chi connectivity index (χ1n) is 8.83. The van der Waals surface area contributed by atoms with Gasteiger partial charge in [0.2, 0.25) is 0 Å². The van der Waals surface area contributed by atoms with E-state index < -0.39 is 0 Å². The van der Waals surface area contributed by atoms with Crippen LogP contribution in [-0.4, -0.2) is 40.3 Å². The molecule has 3 atom stereocenters. The average molecular weight is 324 g/mol. The van der Waals surface area contributed by atoms with Crippen LogP contribution in [0.5, 0.6) is 0 Å². The molecule has 1 fully saturated rings. The van der Waals surface area contributed by atoms with E-state index in [-0.39, 0.29) is 11.7 Å². The number of aliphatic hydroxyl groups is 1. The maximum Gasteiger partial charge on any atom is 0.250 e. The average Bonchev–Trinajstić information content (AvgIpc) is 2.56. The minimum absolute atomic E-state index is 0.125. The fourth-order valence-corrected chi connectivity index (χ4v) is 4.39. The van der Waals surface area contributed by atoms with Gasteiger partial charge < -0.3 is 9.67 Å². The molecule has 1 N–H and O–H groups in total. The lowest BCUT2D eigenvalue weighted by molar-refractivity contribution is 0.0626. The van der Waals surface area contributed by atoms with Gasteiger partial charge in [0, 0.05) is 43.9 Å². The molecular formula is C20H24N2O2. The highest BCUT2D eigenvalue weighted by Crippen LogP contribution is 2.34. The molecule has 1 aromatic carbocycles. The van der Waals surface area contributed by atoms with Crippen LogP contribution in [0.1, 0.15) is 23.6 Å². The van der Waals surface area contributed by atoms with Crippen molar-refractivity contribution in [2.24, 2.45) is 5.92 Å². The van der Waals surface area contributed by atoms with E-state index in [9.17, 15) is 9.90 Å². The molecule has 24 heavy (non-hydrogen) atoms. The second-order valence-electron chi connectivity index (χ2n) is 7.26. The Morgan fingerprint density at radius 1 is 1.04 bits per heavy atom. The Kier molecular flexibility index (Phi) is 4.25. The number of aromatic nitrogens is 1. The van der Waals surface area contributed by atoms with E-state index in [4.69, 9.17) is 0 Å². The number of piperidine rings is 1. The van der Waals surface area contributed by atoms with Crippen molar-refractivity contribution >= 4 is 0 Å². The van der Waals surface area contributed by atoms with Gasteiger partial charge in [0.15, 0.2) is 0 Å². The molecule has 4 nitrogen and oxygen atoms in total. The topological polar surface area (TPSA) is 45.5 Å². The summed E-state index contributed by atoms with van der Waals surface area (Å²) in [6.07, 6.45) is 1.52. The van der Waals surface area contributed by atoms with Gasteiger partial charge in [-0.15, -0.1) is 0 Å². The van der Waals surface area contributed by atoms with Gasteiger partial charge in [0.05, 0.1) is 6.10 Å². The quantitative estimate of drug-likeness (QED) is 0.934. The maximum absolute atomic E-state index is 12.1. The Balaban J connectivity index is 1.43. The monoisotopic (exact) mass is 324 g/mol. The number of likely N-dealkylation sites (tertiary alicyclic amines) is 1. The molecule has 0 unspecified atom stereocenters. The predicted octanol–water partition coefficient (Wildman–Crippen LogP) is 1.87. The van der Waals surface area contributed by atoms with E-state index >= 15 is 0 Å². The van der Waals surface area contributed by atoms with Crippen LogP contribution in [0.3, 0.4) is 0 Å².